The van der Waals surface area contributed by atoms with Gasteiger partial charge in [-0.25, -0.2) is 9.59 Å². The van der Waals surface area contributed by atoms with Gasteiger partial charge in [0.05, 0.1) is 25.4 Å². The number of carbonyl (C=O) groups excluding carboxylic acids is 2. The summed E-state index contributed by atoms with van der Waals surface area (Å²) in [4.78, 5) is 32.0. The van der Waals surface area contributed by atoms with Crippen LogP contribution in [-0.2, 0) is 23.7 Å². The number of aliphatic hydroxyl groups excluding tert-OH is 3. The Hall–Kier alpha value is -2.40. The Morgan fingerprint density at radius 1 is 0.486 bits per heavy atom. The largest absolute Gasteiger partial charge is 0.447 e. The zero-order valence-corrected chi connectivity index (χ0v) is 93.6. The van der Waals surface area contributed by atoms with E-state index in [4.69, 9.17) is 58.1 Å². The molecule has 7 rings (SSSR count). The molecule has 0 aromatic carbocycles. The Morgan fingerprint density at radius 3 is 1.52 bits per heavy atom. The maximum absolute atomic E-state index is 13.3. The van der Waals surface area contributed by atoms with Crippen molar-refractivity contribution in [3.8, 4) is 0 Å². The second-order valence-electron chi connectivity index (χ2n) is 47.4. The molecular formula is C117H235N13O10. The molecule has 0 bridgehead atoms. The molecule has 0 aromatic rings. The smallest absolute Gasteiger partial charge is 0.410 e. The highest BCUT2D eigenvalue weighted by atomic mass is 16.6. The third kappa shape index (κ3) is 47.8. The summed E-state index contributed by atoms with van der Waals surface area (Å²) in [6.07, 6.45) is 66.4. The van der Waals surface area contributed by atoms with Crippen molar-refractivity contribution >= 4 is 12.2 Å². The molecule has 828 valence electrons. The van der Waals surface area contributed by atoms with E-state index in [9.17, 15) is 24.9 Å². The van der Waals surface area contributed by atoms with E-state index in [1.165, 1.54) is 225 Å². The van der Waals surface area contributed by atoms with Gasteiger partial charge < -0.3 is 99.2 Å². The van der Waals surface area contributed by atoms with Crippen molar-refractivity contribution in [1.82, 2.24) is 36.0 Å². The number of carbonyl (C=O) groups is 2. The number of fused-ring (bicyclic) bond motifs is 8. The molecule has 0 spiro atoms. The van der Waals surface area contributed by atoms with Crippen LogP contribution in [0, 0.1) is 92.7 Å². The zero-order valence-electron chi connectivity index (χ0n) is 93.6. The van der Waals surface area contributed by atoms with Gasteiger partial charge in [-0.1, -0.05) is 262 Å². The highest BCUT2D eigenvalue weighted by Gasteiger charge is 2.61. The number of aliphatic hydroxyl groups is 3. The maximum Gasteiger partial charge on any atom is 0.410 e. The number of hydrogen-bond donors (Lipinski definition) is 13. The highest BCUT2D eigenvalue weighted by Crippen LogP contribution is 2.69. The molecule has 2 amide bonds. The van der Waals surface area contributed by atoms with E-state index in [-0.39, 0.29) is 50.6 Å². The molecule has 23 heteroatoms. The molecule has 0 aliphatic heterocycles. The van der Waals surface area contributed by atoms with Crippen molar-refractivity contribution in [3.05, 3.63) is 11.6 Å². The molecular weight excluding hydrogens is 1750 g/mol. The molecule has 18 unspecified atom stereocenters. The van der Waals surface area contributed by atoms with Crippen molar-refractivity contribution in [2.75, 3.05) is 151 Å². The lowest BCUT2D eigenvalue weighted by molar-refractivity contribution is -0.201. The third-order valence-electron chi connectivity index (χ3n) is 35.5. The minimum Gasteiger partial charge on any atom is -0.447 e. The van der Waals surface area contributed by atoms with Crippen molar-refractivity contribution in [2.24, 2.45) is 127 Å². The van der Waals surface area contributed by atoms with Crippen LogP contribution in [0.4, 0.5) is 9.59 Å². The van der Waals surface area contributed by atoms with Crippen LogP contribution in [-0.4, -0.2) is 230 Å². The Labute approximate surface area is 863 Å². The number of unbranched alkanes of at least 4 members (excludes halogenated alkanes) is 21. The van der Waals surface area contributed by atoms with E-state index >= 15 is 0 Å². The van der Waals surface area contributed by atoms with Gasteiger partial charge in [-0.05, 0) is 357 Å². The molecule has 0 radical (unpaired) electrons. The second-order valence-corrected chi connectivity index (χ2v) is 47.4. The lowest BCUT2D eigenvalue weighted by Gasteiger charge is -2.61. The number of nitrogens with one attached hydrogen (secondary N) is 4. The summed E-state index contributed by atoms with van der Waals surface area (Å²) in [6.45, 7) is 47.4. The standard InChI is InChI=1S/C41H81N5O4.C38H80N4O4.C38H72N4O2.H2/c1-29(2)11-8-12-30(3)34-15-16-35-33-14-13-31-27-32(17-19-40(31,4)36(33)18-20-41(34,35)5)50-39(49)45-37(28-47)38(48)46(26-10-22-43)25-7-6-23-44-24-9-21-42;1-3-5-7-9-11-13-15-17-19-23-33-44-35-37(45-34-24-20-18-16-14-12-10-8-6-4-2)36-46-38(43)42(32-26-28-40)31-22-21-29-41-30-25-27-39;1-7-34(30(4)14-10-13-29(2)3)37(5)19-18-35-31(28-37)15-16-32-27-33(17-20-38(32,35)6)44-36(43)42(26-12-22-40)25-9-8-23-41-24-11-21-39;/h29-39,44-45,47-49H,6-28,42-43H2,1-5H3;37,41H,3-36,39-40H2,1-2H3;16,29-31,33-35,41H,7-15,17-28,39-40H2,1-6H3;1H/t30?,31?,32?,33?,34?,35?,36?,37?,38-,39+,40?,41?;;;/m1.../s1. The van der Waals surface area contributed by atoms with Crippen LogP contribution in [0.3, 0.4) is 0 Å². The van der Waals surface area contributed by atoms with Gasteiger partial charge in [0.15, 0.2) is 0 Å². The number of hydrogen-bond acceptors (Lipinski definition) is 21. The molecule has 19 N–H and O–H groups in total. The fraction of sp³-hybridized carbons (Fsp3) is 0.966. The number of amides is 2. The van der Waals surface area contributed by atoms with Crippen molar-refractivity contribution in [3.63, 3.8) is 0 Å². The Kier molecular flexibility index (Phi) is 69.7. The molecule has 0 saturated heterocycles. The molecule has 23 nitrogen and oxygen atoms in total. The van der Waals surface area contributed by atoms with Crippen molar-refractivity contribution in [1.29, 1.82) is 0 Å². The van der Waals surface area contributed by atoms with E-state index in [1.54, 1.807) is 10.5 Å². The third-order valence-corrected chi connectivity index (χ3v) is 35.5. The number of allylic oxidation sites excluding steroid dienone is 1. The zero-order chi connectivity index (χ0) is 102. The van der Waals surface area contributed by atoms with Gasteiger partial charge in [-0.2, -0.15) is 0 Å². The minimum atomic E-state index is -1.23. The van der Waals surface area contributed by atoms with Crippen molar-refractivity contribution in [2.45, 2.75) is 480 Å². The van der Waals surface area contributed by atoms with E-state index in [2.05, 4.69) is 117 Å². The number of nitrogens with zero attached hydrogens (tertiary/aromatic N) is 3. The average molecular weight is 1980 g/mol. The second kappa shape index (κ2) is 76.2. The lowest BCUT2D eigenvalue weighted by atomic mass is 9.44. The number of ether oxygens (including phenoxy) is 5. The van der Waals surface area contributed by atoms with Gasteiger partial charge in [0, 0.05) is 60.3 Å². The molecule has 6 saturated carbocycles. The molecule has 140 heavy (non-hydrogen) atoms. The number of rotatable bonds is 80. The summed E-state index contributed by atoms with van der Waals surface area (Å²) < 4.78 is 30.5. The topological polar surface area (TPSA) is 355 Å². The Bertz CT molecular complexity index is 3050. The summed E-state index contributed by atoms with van der Waals surface area (Å²) in [6, 6.07) is -0.723. The molecule has 0 aromatic heterocycles. The average Bonchev–Trinajstić information content (AvgIpc) is 1.67. The Morgan fingerprint density at radius 2 is 0.971 bits per heavy atom. The predicted octanol–water partition coefficient (Wildman–Crippen LogP) is 22.7. The monoisotopic (exact) mass is 1980 g/mol. The summed E-state index contributed by atoms with van der Waals surface area (Å²) >= 11 is 0. The van der Waals surface area contributed by atoms with Gasteiger partial charge in [-0.3, -0.25) is 10.2 Å². The fourth-order valence-electron chi connectivity index (χ4n) is 27.1. The first kappa shape index (κ1) is 128. The lowest BCUT2D eigenvalue weighted by Crippen LogP contribution is -2.57. The summed E-state index contributed by atoms with van der Waals surface area (Å²) in [5.74, 6) is 9.80. The van der Waals surface area contributed by atoms with Gasteiger partial charge >= 0.3 is 12.2 Å². The Balaban J connectivity index is 0.000000441. The molecule has 20 atom stereocenters. The minimum absolute atomic E-state index is 0. The van der Waals surface area contributed by atoms with Crippen LogP contribution in [0.25, 0.3) is 0 Å². The number of nitrogens with two attached hydrogens (primary N) is 6. The first-order valence-corrected chi connectivity index (χ1v) is 60.0. The van der Waals surface area contributed by atoms with Crippen LogP contribution < -0.4 is 55.7 Å². The van der Waals surface area contributed by atoms with E-state index in [1.807, 2.05) is 9.80 Å². The summed E-state index contributed by atoms with van der Waals surface area (Å²) in [5, 5.41) is 45.8. The highest BCUT2D eigenvalue weighted by molar-refractivity contribution is 5.68. The molecule has 0 heterocycles. The summed E-state index contributed by atoms with van der Waals surface area (Å²) in [7, 11) is 0. The normalized spacial score (nSPS) is 25.9. The molecule has 6 fully saturated rings. The van der Waals surface area contributed by atoms with E-state index < -0.39 is 18.7 Å². The first-order valence-electron chi connectivity index (χ1n) is 60.0. The van der Waals surface area contributed by atoms with Crippen LogP contribution in [0.1, 0.15) is 445 Å². The van der Waals surface area contributed by atoms with Gasteiger partial charge in [0.25, 0.3) is 0 Å². The van der Waals surface area contributed by atoms with Gasteiger partial charge in [0.2, 0.25) is 6.41 Å². The van der Waals surface area contributed by atoms with Crippen LogP contribution >= 0.6 is 0 Å². The van der Waals surface area contributed by atoms with Gasteiger partial charge in [0.1, 0.15) is 25.0 Å². The van der Waals surface area contributed by atoms with E-state index in [0.717, 1.165) is 252 Å². The fourth-order valence-corrected chi connectivity index (χ4v) is 27.1. The maximum atomic E-state index is 13.3. The van der Waals surface area contributed by atoms with E-state index in [0.29, 0.717) is 101 Å². The predicted molar refractivity (Wildman–Crippen MR) is 590 cm³/mol. The summed E-state index contributed by atoms with van der Waals surface area (Å²) in [5.41, 5.74) is 37.3. The van der Waals surface area contributed by atoms with Gasteiger partial charge in [-0.15, -0.1) is 0 Å². The molecule has 7 aliphatic carbocycles. The van der Waals surface area contributed by atoms with Crippen molar-refractivity contribution < 1.29 is 50.0 Å². The van der Waals surface area contributed by atoms with Crippen LogP contribution in [0.15, 0.2) is 11.6 Å². The first-order chi connectivity index (χ1) is 67.7. The quantitative estimate of drug-likeness (QED) is 0.0153. The SMILES string of the molecule is CC(C)CCCC(C)C1CCC2C3CCC4CC(O[C@H](O)NC(CO)[C@@H](O)N(CCCN)CCCCNCCCN)CCC4(C)C3CCC12C.CCC(C(C)CCCC(C)C)C1(C)CCC2C(CC=C3CC(OC(=O)N(CCCN)CCCCNCCCN)CCC32C)C1.CCCCCCCCCCCCOCC(COC(=O)N(CCCN)CCCCNCCCN)OCCCCCCCCCCCC.[HH]. The van der Waals surface area contributed by atoms with Crippen LogP contribution in [0.5, 0.6) is 0 Å². The molecule has 7 aliphatic rings. The van der Waals surface area contributed by atoms with Crippen LogP contribution in [0.2, 0.25) is 0 Å².